The fourth-order valence-corrected chi connectivity index (χ4v) is 1.80. The summed E-state index contributed by atoms with van der Waals surface area (Å²) >= 11 is 5.69. The number of furan rings is 1. The normalized spacial score (nSPS) is 12.7. The molecule has 4 heteroatoms. The first-order valence-electron chi connectivity index (χ1n) is 5.36. The Balaban J connectivity index is 2.30. The van der Waals surface area contributed by atoms with Crippen molar-refractivity contribution in [3.8, 4) is 11.3 Å². The number of benzene rings is 1. The van der Waals surface area contributed by atoms with E-state index in [1.165, 1.54) is 6.07 Å². The summed E-state index contributed by atoms with van der Waals surface area (Å²) in [6, 6.07) is 8.07. The molecule has 1 heterocycles. The van der Waals surface area contributed by atoms with Crippen LogP contribution in [0.2, 0.25) is 5.02 Å². The fraction of sp³-hybridized carbons (Fsp3) is 0.231. The van der Waals surface area contributed by atoms with Crippen molar-refractivity contribution in [3.05, 3.63) is 46.9 Å². The smallest absolute Gasteiger partial charge is 0.137 e. The summed E-state index contributed by atoms with van der Waals surface area (Å²) in [7, 11) is 0. The quantitative estimate of drug-likeness (QED) is 0.907. The van der Waals surface area contributed by atoms with Crippen LogP contribution in [-0.2, 0) is 6.42 Å². The molecule has 0 saturated heterocycles. The average Bonchev–Trinajstić information content (AvgIpc) is 2.65. The second kappa shape index (κ2) is 4.90. The second-order valence-electron chi connectivity index (χ2n) is 4.07. The highest BCUT2D eigenvalue weighted by Crippen LogP contribution is 2.27. The zero-order chi connectivity index (χ0) is 12.4. The lowest BCUT2D eigenvalue weighted by atomic mass is 10.1. The monoisotopic (exact) mass is 253 g/mol. The highest BCUT2D eigenvalue weighted by atomic mass is 35.5. The Labute approximate surface area is 104 Å². The van der Waals surface area contributed by atoms with Crippen LogP contribution in [0.5, 0.6) is 0 Å². The minimum atomic E-state index is -0.390. The lowest BCUT2D eigenvalue weighted by molar-refractivity contribution is 0.499. The first-order chi connectivity index (χ1) is 8.06. The molecule has 1 aromatic heterocycles. The van der Waals surface area contributed by atoms with Crippen molar-refractivity contribution in [2.45, 2.75) is 19.4 Å². The van der Waals surface area contributed by atoms with E-state index in [9.17, 15) is 4.39 Å². The maximum atomic E-state index is 13.6. The van der Waals surface area contributed by atoms with Crippen LogP contribution < -0.4 is 5.73 Å². The molecule has 1 atom stereocenters. The van der Waals surface area contributed by atoms with Crippen molar-refractivity contribution >= 4 is 11.6 Å². The van der Waals surface area contributed by atoms with E-state index in [1.54, 1.807) is 18.2 Å². The van der Waals surface area contributed by atoms with E-state index in [0.717, 1.165) is 5.76 Å². The highest BCUT2D eigenvalue weighted by Gasteiger charge is 2.10. The van der Waals surface area contributed by atoms with E-state index < -0.39 is 0 Å². The lowest BCUT2D eigenvalue weighted by Crippen LogP contribution is -2.17. The molecule has 0 aliphatic rings. The van der Waals surface area contributed by atoms with Gasteiger partial charge in [-0.25, -0.2) is 4.39 Å². The zero-order valence-corrected chi connectivity index (χ0v) is 10.2. The van der Waals surface area contributed by atoms with E-state index in [4.69, 9.17) is 21.8 Å². The van der Waals surface area contributed by atoms with Gasteiger partial charge in [0, 0.05) is 17.5 Å². The number of hydrogen-bond acceptors (Lipinski definition) is 2. The van der Waals surface area contributed by atoms with Crippen molar-refractivity contribution < 1.29 is 8.81 Å². The molecule has 0 aliphatic carbocycles. The Morgan fingerprint density at radius 3 is 2.76 bits per heavy atom. The maximum Gasteiger partial charge on any atom is 0.137 e. The van der Waals surface area contributed by atoms with Crippen LogP contribution >= 0.6 is 11.6 Å². The Morgan fingerprint density at radius 1 is 1.35 bits per heavy atom. The third-order valence-corrected chi connectivity index (χ3v) is 2.62. The van der Waals surface area contributed by atoms with Gasteiger partial charge in [-0.3, -0.25) is 0 Å². The molecule has 0 radical (unpaired) electrons. The molecule has 2 aromatic rings. The summed E-state index contributed by atoms with van der Waals surface area (Å²) in [5.74, 6) is 0.860. The molecule has 1 unspecified atom stereocenters. The topological polar surface area (TPSA) is 39.2 Å². The standard InChI is InChI=1S/C13H13ClFNO/c1-8(16)6-10-3-5-13(17-10)11-4-2-9(14)7-12(11)15/h2-5,7-8H,6,16H2,1H3. The Hall–Kier alpha value is -1.32. The van der Waals surface area contributed by atoms with E-state index >= 15 is 0 Å². The van der Waals surface area contributed by atoms with Crippen molar-refractivity contribution in [2.75, 3.05) is 0 Å². The predicted molar refractivity (Wildman–Crippen MR) is 66.5 cm³/mol. The molecule has 0 spiro atoms. The molecular formula is C13H13ClFNO. The molecule has 2 N–H and O–H groups in total. The third-order valence-electron chi connectivity index (χ3n) is 2.38. The van der Waals surface area contributed by atoms with Gasteiger partial charge in [-0.15, -0.1) is 0 Å². The van der Waals surface area contributed by atoms with Gasteiger partial charge >= 0.3 is 0 Å². The molecular weight excluding hydrogens is 241 g/mol. The SMILES string of the molecule is CC(N)Cc1ccc(-c2ccc(Cl)cc2F)o1. The summed E-state index contributed by atoms with van der Waals surface area (Å²) in [4.78, 5) is 0. The molecule has 1 aromatic carbocycles. The summed E-state index contributed by atoms with van der Waals surface area (Å²) in [5.41, 5.74) is 6.08. The lowest BCUT2D eigenvalue weighted by Gasteiger charge is -2.02. The van der Waals surface area contributed by atoms with Crippen LogP contribution in [-0.4, -0.2) is 6.04 Å². The van der Waals surface area contributed by atoms with E-state index in [0.29, 0.717) is 22.8 Å². The molecule has 0 fully saturated rings. The predicted octanol–water partition coefficient (Wildman–Crippen LogP) is 3.63. The Morgan fingerprint density at radius 2 is 2.12 bits per heavy atom. The summed E-state index contributed by atoms with van der Waals surface area (Å²) in [5, 5.41) is 0.369. The summed E-state index contributed by atoms with van der Waals surface area (Å²) in [6.07, 6.45) is 0.634. The molecule has 0 saturated carbocycles. The fourth-order valence-electron chi connectivity index (χ4n) is 1.64. The van der Waals surface area contributed by atoms with E-state index in [1.807, 2.05) is 13.0 Å². The Bertz CT molecular complexity index is 522. The van der Waals surface area contributed by atoms with Gasteiger partial charge in [0.05, 0.1) is 5.56 Å². The minimum Gasteiger partial charge on any atom is -0.461 e. The zero-order valence-electron chi connectivity index (χ0n) is 9.41. The highest BCUT2D eigenvalue weighted by molar-refractivity contribution is 6.30. The minimum absolute atomic E-state index is 0.0177. The molecule has 0 amide bonds. The first-order valence-corrected chi connectivity index (χ1v) is 5.74. The van der Waals surface area contributed by atoms with Gasteiger partial charge in [0.1, 0.15) is 17.3 Å². The van der Waals surface area contributed by atoms with Crippen LogP contribution in [0.3, 0.4) is 0 Å². The largest absolute Gasteiger partial charge is 0.461 e. The van der Waals surface area contributed by atoms with Crippen LogP contribution in [0.15, 0.2) is 34.7 Å². The van der Waals surface area contributed by atoms with Gasteiger partial charge in [-0.05, 0) is 37.3 Å². The van der Waals surface area contributed by atoms with Gasteiger partial charge in [0.15, 0.2) is 0 Å². The number of halogens is 2. The molecule has 2 rings (SSSR count). The van der Waals surface area contributed by atoms with Gasteiger partial charge < -0.3 is 10.2 Å². The number of nitrogens with two attached hydrogens (primary N) is 1. The number of rotatable bonds is 3. The van der Waals surface area contributed by atoms with Crippen LogP contribution in [0.4, 0.5) is 4.39 Å². The van der Waals surface area contributed by atoms with E-state index in [2.05, 4.69) is 0 Å². The maximum absolute atomic E-state index is 13.6. The molecule has 0 aliphatic heterocycles. The van der Waals surface area contributed by atoms with Gasteiger partial charge in [-0.1, -0.05) is 11.6 Å². The third kappa shape index (κ3) is 2.87. The molecule has 90 valence electrons. The van der Waals surface area contributed by atoms with Crippen molar-refractivity contribution in [3.63, 3.8) is 0 Å². The second-order valence-corrected chi connectivity index (χ2v) is 4.51. The summed E-state index contributed by atoms with van der Waals surface area (Å²) < 4.78 is 19.2. The van der Waals surface area contributed by atoms with Crippen LogP contribution in [0, 0.1) is 5.82 Å². The molecule has 17 heavy (non-hydrogen) atoms. The van der Waals surface area contributed by atoms with Crippen molar-refractivity contribution in [1.82, 2.24) is 0 Å². The molecule has 0 bridgehead atoms. The Kier molecular flexibility index (Phi) is 3.50. The van der Waals surface area contributed by atoms with Gasteiger partial charge in [0.25, 0.3) is 0 Å². The van der Waals surface area contributed by atoms with E-state index in [-0.39, 0.29) is 11.9 Å². The first kappa shape index (κ1) is 12.1. The summed E-state index contributed by atoms with van der Waals surface area (Å²) in [6.45, 7) is 1.89. The van der Waals surface area contributed by atoms with Crippen molar-refractivity contribution in [1.29, 1.82) is 0 Å². The molecule has 2 nitrogen and oxygen atoms in total. The van der Waals surface area contributed by atoms with Gasteiger partial charge in [0.2, 0.25) is 0 Å². The van der Waals surface area contributed by atoms with Crippen LogP contribution in [0.25, 0.3) is 11.3 Å². The van der Waals surface area contributed by atoms with Crippen LogP contribution in [0.1, 0.15) is 12.7 Å². The number of hydrogen-bond donors (Lipinski definition) is 1. The van der Waals surface area contributed by atoms with Crippen molar-refractivity contribution in [2.24, 2.45) is 5.73 Å². The van der Waals surface area contributed by atoms with Gasteiger partial charge in [-0.2, -0.15) is 0 Å². The average molecular weight is 254 g/mol.